The van der Waals surface area contributed by atoms with Gasteiger partial charge in [0.05, 0.1) is 45.4 Å². The van der Waals surface area contributed by atoms with E-state index in [1.807, 2.05) is 0 Å². The number of carboxylic acids is 3. The fourth-order valence-electron chi connectivity index (χ4n) is 3.72. The Morgan fingerprint density at radius 3 is 1.45 bits per heavy atom. The molecule has 0 radical (unpaired) electrons. The Morgan fingerprint density at radius 1 is 0.621 bits per heavy atom. The molecule has 0 aromatic rings. The van der Waals surface area contributed by atoms with Crippen molar-refractivity contribution in [2.75, 3.05) is 26.2 Å². The Morgan fingerprint density at radius 2 is 1.03 bits per heavy atom. The highest BCUT2D eigenvalue weighted by Crippen LogP contribution is 2.18. The van der Waals surface area contributed by atoms with Crippen LogP contribution in [0.5, 0.6) is 0 Å². The largest absolute Gasteiger partial charge is 0.481 e. The van der Waals surface area contributed by atoms with Gasteiger partial charge in [0, 0.05) is 19.3 Å². The van der Waals surface area contributed by atoms with Gasteiger partial charge in [-0.2, -0.15) is 0 Å². The van der Waals surface area contributed by atoms with Crippen molar-refractivity contribution in [2.24, 2.45) is 0 Å². The van der Waals surface area contributed by atoms with Crippen molar-refractivity contribution < 1.29 is 34.2 Å². The van der Waals surface area contributed by atoms with E-state index >= 15 is 0 Å². The third-order valence-corrected chi connectivity index (χ3v) is 5.22. The van der Waals surface area contributed by atoms with Gasteiger partial charge >= 0.3 is 17.9 Å². The summed E-state index contributed by atoms with van der Waals surface area (Å²) >= 11 is 0. The van der Waals surface area contributed by atoms with Crippen LogP contribution in [0.2, 0.25) is 0 Å². The molecule has 0 aliphatic rings. The van der Waals surface area contributed by atoms with E-state index in [4.69, 9.17) is 15.3 Å². The number of unbranched alkanes of at least 4 members (excludes halogenated alkanes) is 4. The number of allylic oxidation sites excluding steroid dienone is 2. The molecular weight excluding hydrogens is 374 g/mol. The highest BCUT2D eigenvalue weighted by Gasteiger charge is 2.27. The van der Waals surface area contributed by atoms with Crippen LogP contribution in [0, 0.1) is 0 Å². The molecular formula is C22H40NO6+. The average Bonchev–Trinajstić information content (AvgIpc) is 2.63. The quantitative estimate of drug-likeness (QED) is 0.155. The van der Waals surface area contributed by atoms with Gasteiger partial charge in [-0.25, -0.2) is 0 Å². The van der Waals surface area contributed by atoms with Gasteiger partial charge in [0.15, 0.2) is 0 Å². The predicted octanol–water partition coefficient (Wildman–Crippen LogP) is 4.31. The van der Waals surface area contributed by atoms with Crippen molar-refractivity contribution in [2.45, 2.75) is 84.0 Å². The summed E-state index contributed by atoms with van der Waals surface area (Å²) < 4.78 is 0.629. The van der Waals surface area contributed by atoms with E-state index in [0.717, 1.165) is 45.1 Å². The van der Waals surface area contributed by atoms with Crippen LogP contribution in [0.15, 0.2) is 12.2 Å². The summed E-state index contributed by atoms with van der Waals surface area (Å²) in [5.74, 6) is -2.50. The van der Waals surface area contributed by atoms with E-state index in [2.05, 4.69) is 19.1 Å². The van der Waals surface area contributed by atoms with E-state index in [-0.39, 0.29) is 19.3 Å². The number of hydrogen-bond donors (Lipinski definition) is 3. The smallest absolute Gasteiger partial charge is 0.303 e. The van der Waals surface area contributed by atoms with Crippen LogP contribution in [-0.4, -0.2) is 63.9 Å². The van der Waals surface area contributed by atoms with E-state index in [1.54, 1.807) is 0 Å². The summed E-state index contributed by atoms with van der Waals surface area (Å²) in [5.41, 5.74) is 0. The molecule has 0 aliphatic heterocycles. The van der Waals surface area contributed by atoms with Gasteiger partial charge in [-0.05, 0) is 32.1 Å². The zero-order valence-electron chi connectivity index (χ0n) is 18.0. The Kier molecular flexibility index (Phi) is 15.9. The van der Waals surface area contributed by atoms with Gasteiger partial charge in [-0.15, -0.1) is 0 Å². The lowest BCUT2D eigenvalue weighted by Gasteiger charge is -2.39. The second-order valence-electron chi connectivity index (χ2n) is 7.81. The molecule has 0 spiro atoms. The molecule has 0 atom stereocenters. The van der Waals surface area contributed by atoms with Crippen LogP contribution < -0.4 is 0 Å². The Balaban J connectivity index is 4.78. The average molecular weight is 415 g/mol. The Hall–Kier alpha value is -1.89. The van der Waals surface area contributed by atoms with E-state index in [9.17, 15) is 14.4 Å². The molecule has 29 heavy (non-hydrogen) atoms. The molecule has 0 aliphatic carbocycles. The summed E-state index contributed by atoms with van der Waals surface area (Å²) in [5, 5.41) is 26.9. The van der Waals surface area contributed by atoms with Crippen LogP contribution >= 0.6 is 0 Å². The topological polar surface area (TPSA) is 112 Å². The third kappa shape index (κ3) is 16.7. The number of carboxylic acid groups (broad SMARTS) is 3. The molecule has 7 heteroatoms. The first-order chi connectivity index (χ1) is 13.8. The van der Waals surface area contributed by atoms with Gasteiger partial charge in [0.2, 0.25) is 0 Å². The minimum absolute atomic E-state index is 0.0849. The van der Waals surface area contributed by atoms with Crippen molar-refractivity contribution in [1.29, 1.82) is 0 Å². The molecule has 0 aromatic heterocycles. The van der Waals surface area contributed by atoms with E-state index in [1.165, 1.54) is 0 Å². The maximum Gasteiger partial charge on any atom is 0.303 e. The van der Waals surface area contributed by atoms with Crippen LogP contribution in [0.3, 0.4) is 0 Å². The third-order valence-electron chi connectivity index (χ3n) is 5.22. The molecule has 168 valence electrons. The lowest BCUT2D eigenvalue weighted by atomic mass is 10.1. The summed E-state index contributed by atoms with van der Waals surface area (Å²) in [6.07, 6.45) is 12.7. The molecule has 0 amide bonds. The second kappa shape index (κ2) is 17.0. The normalized spacial score (nSPS) is 11.8. The first-order valence-corrected chi connectivity index (χ1v) is 11.0. The molecule has 0 fully saturated rings. The Labute approximate surface area is 175 Å². The molecule has 0 aromatic carbocycles. The van der Waals surface area contributed by atoms with Crippen molar-refractivity contribution in [3.63, 3.8) is 0 Å². The highest BCUT2D eigenvalue weighted by atomic mass is 16.4. The number of aliphatic carboxylic acids is 3. The standard InChI is InChI=1S/C22H39NO6/c1-2-3-4-5-6-7-8-9-16-23(17-10-13-20(24)25,18-11-14-21(26)27)19-12-15-22(28)29/h3-4H,2,5-19H2,1H3,(H2-,24,25,26,27,28,29)/p+1/b4-3+. The molecule has 7 nitrogen and oxygen atoms in total. The summed E-state index contributed by atoms with van der Waals surface area (Å²) in [4.78, 5) is 32.8. The minimum Gasteiger partial charge on any atom is -0.481 e. The second-order valence-corrected chi connectivity index (χ2v) is 7.81. The number of carbonyl (C=O) groups is 3. The predicted molar refractivity (Wildman–Crippen MR) is 113 cm³/mol. The fraction of sp³-hybridized carbons (Fsp3) is 0.773. The van der Waals surface area contributed by atoms with Gasteiger partial charge in [-0.1, -0.05) is 25.5 Å². The molecule has 0 bridgehead atoms. The fourth-order valence-corrected chi connectivity index (χ4v) is 3.72. The zero-order valence-corrected chi connectivity index (χ0v) is 18.0. The van der Waals surface area contributed by atoms with Gasteiger partial charge in [0.1, 0.15) is 0 Å². The lowest BCUT2D eigenvalue weighted by molar-refractivity contribution is -0.929. The molecule has 0 rings (SSSR count). The highest BCUT2D eigenvalue weighted by molar-refractivity contribution is 5.67. The van der Waals surface area contributed by atoms with Crippen LogP contribution in [0.4, 0.5) is 0 Å². The molecule has 0 saturated heterocycles. The number of hydrogen-bond acceptors (Lipinski definition) is 3. The molecule has 3 N–H and O–H groups in total. The summed E-state index contributed by atoms with van der Waals surface area (Å²) in [7, 11) is 0. The Bertz CT molecular complexity index is 453. The first-order valence-electron chi connectivity index (χ1n) is 11.0. The van der Waals surface area contributed by atoms with Crippen LogP contribution in [-0.2, 0) is 14.4 Å². The van der Waals surface area contributed by atoms with Gasteiger partial charge in [-0.3, -0.25) is 14.4 Å². The molecule has 0 saturated carbocycles. The maximum atomic E-state index is 10.9. The maximum absolute atomic E-state index is 10.9. The van der Waals surface area contributed by atoms with Crippen molar-refractivity contribution in [1.82, 2.24) is 0 Å². The van der Waals surface area contributed by atoms with E-state index < -0.39 is 17.9 Å². The van der Waals surface area contributed by atoms with Crippen molar-refractivity contribution >= 4 is 17.9 Å². The van der Waals surface area contributed by atoms with Crippen LogP contribution in [0.25, 0.3) is 0 Å². The van der Waals surface area contributed by atoms with Gasteiger partial charge in [0.25, 0.3) is 0 Å². The molecule has 0 unspecified atom stereocenters. The van der Waals surface area contributed by atoms with E-state index in [0.29, 0.717) is 43.4 Å². The zero-order chi connectivity index (χ0) is 22.0. The van der Waals surface area contributed by atoms with Crippen molar-refractivity contribution in [3.05, 3.63) is 12.2 Å². The summed E-state index contributed by atoms with van der Waals surface area (Å²) in [6, 6.07) is 0. The number of nitrogens with zero attached hydrogens (tertiary/aromatic N) is 1. The number of rotatable bonds is 20. The minimum atomic E-state index is -0.834. The van der Waals surface area contributed by atoms with Crippen molar-refractivity contribution in [3.8, 4) is 0 Å². The molecule has 0 heterocycles. The van der Waals surface area contributed by atoms with Crippen LogP contribution in [0.1, 0.15) is 84.0 Å². The first kappa shape index (κ1) is 27.1. The SMILES string of the molecule is CC/C=C/CCCCCC[N+](CCCC(=O)O)(CCCC(=O)O)CCCC(=O)O. The monoisotopic (exact) mass is 414 g/mol. The van der Waals surface area contributed by atoms with Gasteiger partial charge < -0.3 is 19.8 Å². The lowest BCUT2D eigenvalue weighted by Crippen LogP contribution is -2.51. The number of quaternary nitrogens is 1. The summed E-state index contributed by atoms with van der Waals surface area (Å²) in [6.45, 7) is 4.94.